The zero-order valence-electron chi connectivity index (χ0n) is 10.9. The molecule has 0 saturated heterocycles. The first-order valence-electron chi connectivity index (χ1n) is 7.33. The zero-order chi connectivity index (χ0) is 12.4. The summed E-state index contributed by atoms with van der Waals surface area (Å²) in [6.07, 6.45) is 8.22. The first-order chi connectivity index (χ1) is 8.79. The molecule has 2 fully saturated rings. The van der Waals surface area contributed by atoms with E-state index in [9.17, 15) is 5.11 Å². The number of rotatable bonds is 2. The highest BCUT2D eigenvalue weighted by Gasteiger charge is 2.47. The van der Waals surface area contributed by atoms with Gasteiger partial charge >= 0.3 is 0 Å². The highest BCUT2D eigenvalue weighted by Crippen LogP contribution is 2.44. The lowest BCUT2D eigenvalue weighted by Gasteiger charge is -2.49. The summed E-state index contributed by atoms with van der Waals surface area (Å²) in [4.78, 5) is 0. The number of aliphatic hydroxyl groups is 1. The first-order valence-corrected chi connectivity index (χ1v) is 7.33. The van der Waals surface area contributed by atoms with E-state index in [1.807, 2.05) is 18.2 Å². The minimum atomic E-state index is -0.466. The summed E-state index contributed by atoms with van der Waals surface area (Å²) >= 11 is 0. The average Bonchev–Trinajstić information content (AvgIpc) is 2.41. The van der Waals surface area contributed by atoms with E-state index < -0.39 is 5.60 Å². The second-order valence-corrected chi connectivity index (χ2v) is 5.93. The van der Waals surface area contributed by atoms with Crippen molar-refractivity contribution in [2.75, 3.05) is 5.32 Å². The summed E-state index contributed by atoms with van der Waals surface area (Å²) in [5.74, 6) is 0.515. The van der Waals surface area contributed by atoms with Gasteiger partial charge in [-0.25, -0.2) is 0 Å². The molecule has 1 aromatic rings. The van der Waals surface area contributed by atoms with Gasteiger partial charge < -0.3 is 10.4 Å². The molecule has 2 aliphatic rings. The highest BCUT2D eigenvalue weighted by molar-refractivity contribution is 5.44. The van der Waals surface area contributed by atoms with Gasteiger partial charge in [-0.1, -0.05) is 37.5 Å². The summed E-state index contributed by atoms with van der Waals surface area (Å²) in [6.45, 7) is 0. The average molecular weight is 245 g/mol. The van der Waals surface area contributed by atoms with Crippen molar-refractivity contribution in [3.05, 3.63) is 30.3 Å². The lowest BCUT2D eigenvalue weighted by molar-refractivity contribution is -0.0835. The van der Waals surface area contributed by atoms with Gasteiger partial charge in [-0.05, 0) is 43.7 Å². The van der Waals surface area contributed by atoms with Crippen LogP contribution in [0.15, 0.2) is 30.3 Å². The van der Waals surface area contributed by atoms with Gasteiger partial charge in [0.05, 0.1) is 11.6 Å². The second kappa shape index (κ2) is 4.93. The number of hydrogen-bond donors (Lipinski definition) is 2. The van der Waals surface area contributed by atoms with Crippen molar-refractivity contribution in [3.8, 4) is 0 Å². The maximum atomic E-state index is 11.0. The summed E-state index contributed by atoms with van der Waals surface area (Å²) in [6, 6.07) is 10.6. The zero-order valence-corrected chi connectivity index (χ0v) is 10.9. The van der Waals surface area contributed by atoms with Crippen molar-refractivity contribution < 1.29 is 5.11 Å². The fourth-order valence-electron chi connectivity index (χ4n) is 3.86. The molecule has 2 aliphatic carbocycles. The fourth-order valence-corrected chi connectivity index (χ4v) is 3.86. The second-order valence-electron chi connectivity index (χ2n) is 5.93. The van der Waals surface area contributed by atoms with Crippen LogP contribution in [-0.4, -0.2) is 16.7 Å². The minimum Gasteiger partial charge on any atom is -0.387 e. The Hall–Kier alpha value is -1.02. The number of fused-ring (bicyclic) bond motifs is 1. The maximum absolute atomic E-state index is 11.0. The van der Waals surface area contributed by atoms with Crippen LogP contribution >= 0.6 is 0 Å². The lowest BCUT2D eigenvalue weighted by Crippen LogP contribution is -2.56. The van der Waals surface area contributed by atoms with Gasteiger partial charge in [0.1, 0.15) is 0 Å². The van der Waals surface area contributed by atoms with E-state index in [0.717, 1.165) is 18.5 Å². The molecule has 18 heavy (non-hydrogen) atoms. The van der Waals surface area contributed by atoms with Crippen LogP contribution in [0.3, 0.4) is 0 Å². The molecule has 0 bridgehead atoms. The smallest absolute Gasteiger partial charge is 0.0875 e. The lowest BCUT2D eigenvalue weighted by atomic mass is 9.65. The molecular weight excluding hydrogens is 222 g/mol. The third-order valence-electron chi connectivity index (χ3n) is 4.85. The summed E-state index contributed by atoms with van der Waals surface area (Å²) in [5, 5.41) is 14.6. The van der Waals surface area contributed by atoms with Crippen molar-refractivity contribution in [1.29, 1.82) is 0 Å². The molecule has 3 atom stereocenters. The van der Waals surface area contributed by atoms with E-state index in [-0.39, 0.29) is 6.04 Å². The van der Waals surface area contributed by atoms with Gasteiger partial charge in [-0.15, -0.1) is 0 Å². The standard InChI is InChI=1S/C16H23NO/c18-16-12-5-4-7-13(16)8-6-11-15(16)17-14-9-2-1-3-10-14/h1-3,9-10,13,15,17-18H,4-8,11-12H2/t13-,15-,16+/m0/s1. The summed E-state index contributed by atoms with van der Waals surface area (Å²) in [5.41, 5.74) is 0.675. The van der Waals surface area contributed by atoms with Crippen molar-refractivity contribution in [3.63, 3.8) is 0 Å². The van der Waals surface area contributed by atoms with Crippen LogP contribution in [0.25, 0.3) is 0 Å². The van der Waals surface area contributed by atoms with Gasteiger partial charge in [0.25, 0.3) is 0 Å². The third kappa shape index (κ3) is 2.14. The van der Waals surface area contributed by atoms with E-state index in [4.69, 9.17) is 0 Å². The largest absolute Gasteiger partial charge is 0.387 e. The third-order valence-corrected chi connectivity index (χ3v) is 4.85. The summed E-state index contributed by atoms with van der Waals surface area (Å²) < 4.78 is 0. The molecule has 0 aromatic heterocycles. The summed E-state index contributed by atoms with van der Waals surface area (Å²) in [7, 11) is 0. The molecule has 0 amide bonds. The Morgan fingerprint density at radius 1 is 1.00 bits per heavy atom. The normalized spacial score (nSPS) is 35.8. The molecular formula is C16H23NO. The Morgan fingerprint density at radius 2 is 1.78 bits per heavy atom. The predicted octanol–water partition coefficient (Wildman–Crippen LogP) is 3.57. The molecule has 3 rings (SSSR count). The van der Waals surface area contributed by atoms with Crippen LogP contribution in [0.1, 0.15) is 44.9 Å². The monoisotopic (exact) mass is 245 g/mol. The number of hydrogen-bond acceptors (Lipinski definition) is 2. The van der Waals surface area contributed by atoms with Crippen LogP contribution < -0.4 is 5.32 Å². The maximum Gasteiger partial charge on any atom is 0.0875 e. The van der Waals surface area contributed by atoms with Gasteiger partial charge in [0.15, 0.2) is 0 Å². The SMILES string of the molecule is O[C@]12CCCC[C@H]1CCC[C@@H]2Nc1ccccc1. The van der Waals surface area contributed by atoms with Crippen molar-refractivity contribution >= 4 is 5.69 Å². The molecule has 0 heterocycles. The Labute approximate surface area is 109 Å². The van der Waals surface area contributed by atoms with Gasteiger partial charge in [-0.2, -0.15) is 0 Å². The van der Waals surface area contributed by atoms with Gasteiger partial charge in [-0.3, -0.25) is 0 Å². The molecule has 2 N–H and O–H groups in total. The van der Waals surface area contributed by atoms with E-state index in [0.29, 0.717) is 5.92 Å². The number of para-hydroxylation sites is 1. The molecule has 0 spiro atoms. The minimum absolute atomic E-state index is 0.235. The highest BCUT2D eigenvalue weighted by atomic mass is 16.3. The Bertz CT molecular complexity index is 389. The van der Waals surface area contributed by atoms with Crippen LogP contribution in [0.4, 0.5) is 5.69 Å². The van der Waals surface area contributed by atoms with Crippen LogP contribution in [-0.2, 0) is 0 Å². The number of benzene rings is 1. The van der Waals surface area contributed by atoms with Crippen LogP contribution in [0.5, 0.6) is 0 Å². The molecule has 0 aliphatic heterocycles. The first kappa shape index (κ1) is 12.0. The molecule has 2 heteroatoms. The Balaban J connectivity index is 1.78. The Morgan fingerprint density at radius 3 is 2.61 bits per heavy atom. The Kier molecular flexibility index (Phi) is 3.29. The molecule has 2 nitrogen and oxygen atoms in total. The van der Waals surface area contributed by atoms with E-state index in [1.54, 1.807) is 0 Å². The number of anilines is 1. The molecule has 1 aromatic carbocycles. The van der Waals surface area contributed by atoms with Gasteiger partial charge in [0.2, 0.25) is 0 Å². The van der Waals surface area contributed by atoms with Crippen LogP contribution in [0, 0.1) is 5.92 Å². The number of nitrogens with one attached hydrogen (secondary N) is 1. The topological polar surface area (TPSA) is 32.3 Å². The molecule has 2 saturated carbocycles. The quantitative estimate of drug-likeness (QED) is 0.835. The van der Waals surface area contributed by atoms with E-state index >= 15 is 0 Å². The predicted molar refractivity (Wildman–Crippen MR) is 74.6 cm³/mol. The van der Waals surface area contributed by atoms with Gasteiger partial charge in [0, 0.05) is 5.69 Å². The van der Waals surface area contributed by atoms with Crippen LogP contribution in [0.2, 0.25) is 0 Å². The van der Waals surface area contributed by atoms with Crippen molar-refractivity contribution in [1.82, 2.24) is 0 Å². The van der Waals surface area contributed by atoms with E-state index in [1.165, 1.54) is 32.1 Å². The fraction of sp³-hybridized carbons (Fsp3) is 0.625. The van der Waals surface area contributed by atoms with Crippen molar-refractivity contribution in [2.45, 2.75) is 56.6 Å². The molecule has 98 valence electrons. The van der Waals surface area contributed by atoms with Crippen molar-refractivity contribution in [2.24, 2.45) is 5.92 Å². The van der Waals surface area contributed by atoms with E-state index in [2.05, 4.69) is 17.4 Å². The molecule has 0 radical (unpaired) electrons. The molecule has 0 unspecified atom stereocenters.